The Hall–Kier alpha value is -1.18. The van der Waals surface area contributed by atoms with Crippen LogP contribution < -0.4 is 5.73 Å². The van der Waals surface area contributed by atoms with E-state index >= 15 is 0 Å². The number of carbonyl (C=O) groups is 1. The number of amidine groups is 1. The molecular weight excluding hydrogens is 463 g/mol. The number of nitrogens with zero attached hydrogens (tertiary/aromatic N) is 2. The molecule has 0 aliphatic carbocycles. The number of nitrogens with two attached hydrogens (primary N) is 1. The average molecular weight is 475 g/mol. The van der Waals surface area contributed by atoms with Crippen LogP contribution in [0.4, 0.5) is 0 Å². The molecule has 0 aromatic heterocycles. The summed E-state index contributed by atoms with van der Waals surface area (Å²) in [5, 5.41) is 7.41. The first-order valence-electron chi connectivity index (χ1n) is 6.18. The number of benzene rings is 2. The van der Waals surface area contributed by atoms with E-state index in [-0.39, 0.29) is 16.7 Å². The van der Waals surface area contributed by atoms with E-state index in [1.807, 2.05) is 24.3 Å². The quantitative estimate of drug-likeness (QED) is 0.141. The SMILES string of the molecule is N/C([S-])=N/N=C(/C(=O)c1ccccc1)c1ccccc1.[Zn+][I]. The van der Waals surface area contributed by atoms with Gasteiger partial charge >= 0.3 is 34.5 Å². The minimum atomic E-state index is -0.225. The minimum absolute atomic E-state index is 0.112. The molecule has 7 heteroatoms. The van der Waals surface area contributed by atoms with E-state index in [1.54, 1.807) is 36.4 Å². The molecule has 2 rings (SSSR count). The molecule has 0 spiro atoms. The first kappa shape index (κ1) is 18.9. The van der Waals surface area contributed by atoms with E-state index in [9.17, 15) is 4.79 Å². The fraction of sp³-hybridized carbons (Fsp3) is 0. The van der Waals surface area contributed by atoms with E-state index in [0.717, 1.165) is 0 Å². The van der Waals surface area contributed by atoms with Gasteiger partial charge < -0.3 is 18.4 Å². The van der Waals surface area contributed by atoms with E-state index in [1.165, 1.54) is 14.8 Å². The fourth-order valence-electron chi connectivity index (χ4n) is 1.66. The summed E-state index contributed by atoms with van der Waals surface area (Å²) < 4.78 is 0. The predicted molar refractivity (Wildman–Crippen MR) is 96.8 cm³/mol. The molecule has 4 nitrogen and oxygen atoms in total. The van der Waals surface area contributed by atoms with Gasteiger partial charge in [0.25, 0.3) is 0 Å². The molecule has 0 unspecified atom stereocenters. The molecule has 0 saturated heterocycles. The molecule has 2 aromatic carbocycles. The number of carbonyl (C=O) groups excluding carboxylic acids is 1. The second-order valence-electron chi connectivity index (χ2n) is 3.95. The van der Waals surface area contributed by atoms with Gasteiger partial charge in [0, 0.05) is 11.1 Å². The predicted octanol–water partition coefficient (Wildman–Crippen LogP) is 3.02. The summed E-state index contributed by atoms with van der Waals surface area (Å²) in [5.41, 5.74) is 6.72. The summed E-state index contributed by atoms with van der Waals surface area (Å²) in [4.78, 5) is 12.5. The molecule has 22 heavy (non-hydrogen) atoms. The van der Waals surface area contributed by atoms with E-state index < -0.39 is 0 Å². The van der Waals surface area contributed by atoms with Crippen molar-refractivity contribution in [2.24, 2.45) is 15.9 Å². The van der Waals surface area contributed by atoms with Crippen molar-refractivity contribution < 1.29 is 19.6 Å². The van der Waals surface area contributed by atoms with Gasteiger partial charge in [0.1, 0.15) is 5.71 Å². The molecule has 0 amide bonds. The van der Waals surface area contributed by atoms with Crippen LogP contribution in [0.3, 0.4) is 0 Å². The van der Waals surface area contributed by atoms with E-state index in [0.29, 0.717) is 11.1 Å². The van der Waals surface area contributed by atoms with Gasteiger partial charge in [0.15, 0.2) is 0 Å². The van der Waals surface area contributed by atoms with Gasteiger partial charge in [-0.15, -0.1) is 5.10 Å². The summed E-state index contributed by atoms with van der Waals surface area (Å²) >= 11 is 8.28. The second kappa shape index (κ2) is 10.5. The monoisotopic (exact) mass is 473 g/mol. The summed E-state index contributed by atoms with van der Waals surface area (Å²) in [7, 11) is 0. The Labute approximate surface area is 155 Å². The Morgan fingerprint density at radius 3 is 1.82 bits per heavy atom. The third kappa shape index (κ3) is 5.90. The fourth-order valence-corrected chi connectivity index (χ4v) is 1.70. The van der Waals surface area contributed by atoms with Gasteiger partial charge in [-0.25, -0.2) is 0 Å². The molecule has 0 aliphatic heterocycles. The van der Waals surface area contributed by atoms with Crippen LogP contribution in [0, 0.1) is 0 Å². The van der Waals surface area contributed by atoms with Crippen LogP contribution in [0.15, 0.2) is 70.9 Å². The molecule has 0 radical (unpaired) electrons. The van der Waals surface area contributed by atoms with Crippen molar-refractivity contribution in [2.45, 2.75) is 0 Å². The maximum absolute atomic E-state index is 12.5. The number of halogens is 1. The van der Waals surface area contributed by atoms with E-state index in [2.05, 4.69) is 42.6 Å². The first-order chi connectivity index (χ1) is 10.7. The summed E-state index contributed by atoms with van der Waals surface area (Å²) in [6.07, 6.45) is 0. The third-order valence-electron chi connectivity index (χ3n) is 2.55. The zero-order chi connectivity index (χ0) is 16.4. The molecule has 2 aromatic rings. The molecule has 108 valence electrons. The van der Waals surface area contributed by atoms with Gasteiger partial charge in [0.05, 0.1) is 0 Å². The van der Waals surface area contributed by atoms with Crippen molar-refractivity contribution in [2.75, 3.05) is 0 Å². The average Bonchev–Trinajstić information content (AvgIpc) is 2.58. The Morgan fingerprint density at radius 2 is 1.36 bits per heavy atom. The normalized spacial score (nSPS) is 11.4. The van der Waals surface area contributed by atoms with Crippen molar-refractivity contribution in [1.82, 2.24) is 0 Å². The number of hydrogen-bond donors (Lipinski definition) is 1. The van der Waals surface area contributed by atoms with Crippen molar-refractivity contribution in [3.8, 4) is 0 Å². The number of rotatable bonds is 4. The third-order valence-corrected chi connectivity index (χ3v) is 2.63. The standard InChI is InChI=1S/C15H13N3OS.HI.Zn/c16-15(20)18-17-13(11-7-3-1-4-8-11)14(19)12-9-5-2-6-10-12;;/h1-10H,(H3,16,18,20);1H;/q;;+2/p-2/b17-13+;;. The first-order valence-corrected chi connectivity index (χ1v) is 15.6. The van der Waals surface area contributed by atoms with Gasteiger partial charge in [0.2, 0.25) is 5.78 Å². The zero-order valence-electron chi connectivity index (χ0n) is 11.6. The molecule has 0 heterocycles. The number of ketones is 1. The van der Waals surface area contributed by atoms with E-state index in [4.69, 9.17) is 5.73 Å². The number of hydrogen-bond acceptors (Lipinski definition) is 4. The second-order valence-corrected chi connectivity index (χ2v) is 4.37. The van der Waals surface area contributed by atoms with Gasteiger partial charge in [-0.3, -0.25) is 4.79 Å². The van der Waals surface area contributed by atoms with Crippen LogP contribution >= 0.6 is 19.8 Å². The van der Waals surface area contributed by atoms with Crippen LogP contribution in [-0.2, 0) is 27.4 Å². The summed E-state index contributed by atoms with van der Waals surface area (Å²) in [5.74, 6) is -0.225. The van der Waals surface area contributed by atoms with Crippen LogP contribution in [0.1, 0.15) is 15.9 Å². The van der Waals surface area contributed by atoms with Crippen LogP contribution in [0.5, 0.6) is 0 Å². The molecular formula is C15H12IN3OSZn. The van der Waals surface area contributed by atoms with Crippen molar-refractivity contribution in [3.05, 3.63) is 71.8 Å². The molecule has 2 N–H and O–H groups in total. The Morgan fingerprint density at radius 1 is 0.909 bits per heavy atom. The van der Waals surface area contributed by atoms with Crippen LogP contribution in [0.2, 0.25) is 0 Å². The van der Waals surface area contributed by atoms with Crippen LogP contribution in [-0.4, -0.2) is 16.7 Å². The Bertz CT molecular complexity index is 659. The summed E-state index contributed by atoms with van der Waals surface area (Å²) in [6.45, 7) is 0. The van der Waals surface area contributed by atoms with Gasteiger partial charge in [-0.2, -0.15) is 5.10 Å². The molecule has 0 atom stereocenters. The summed E-state index contributed by atoms with van der Waals surface area (Å²) in [6, 6.07) is 18.0. The van der Waals surface area contributed by atoms with Crippen molar-refractivity contribution in [3.63, 3.8) is 0 Å². The Balaban J connectivity index is 0.00000116. The molecule has 0 fully saturated rings. The topological polar surface area (TPSA) is 67.8 Å². The van der Waals surface area contributed by atoms with Crippen molar-refractivity contribution >= 4 is 49.0 Å². The molecule has 0 saturated carbocycles. The maximum atomic E-state index is 12.5. The Kier molecular flexibility index (Phi) is 9.03. The number of Topliss-reactive ketones (excluding diaryl/α,β-unsaturated/α-hetero) is 1. The van der Waals surface area contributed by atoms with Gasteiger partial charge in [-0.1, -0.05) is 60.7 Å². The van der Waals surface area contributed by atoms with Crippen LogP contribution in [0.25, 0.3) is 0 Å². The van der Waals surface area contributed by atoms with Crippen molar-refractivity contribution in [1.29, 1.82) is 0 Å². The zero-order valence-corrected chi connectivity index (χ0v) is 17.6. The van der Waals surface area contributed by atoms with Gasteiger partial charge in [-0.05, 0) is 5.17 Å². The molecule has 0 bridgehead atoms. The molecule has 0 aliphatic rings.